The molecule has 0 fully saturated rings. The number of benzene rings is 1. The van der Waals surface area contributed by atoms with Crippen LogP contribution >= 0.6 is 0 Å². The Morgan fingerprint density at radius 2 is 1.87 bits per heavy atom. The molecule has 1 atom stereocenters. The van der Waals surface area contributed by atoms with E-state index in [1.165, 1.54) is 5.56 Å². The molecular weight excluding hydrogens is 328 g/mol. The zero-order valence-electron chi connectivity index (χ0n) is 14.8. The lowest BCUT2D eigenvalue weighted by Crippen LogP contribution is -2.43. The molecule has 1 aliphatic heterocycles. The highest BCUT2D eigenvalue weighted by atomic mass is 28.4. The van der Waals surface area contributed by atoms with E-state index < -0.39 is 17.4 Å². The van der Waals surface area contributed by atoms with E-state index >= 15 is 0 Å². The van der Waals surface area contributed by atoms with E-state index in [1.807, 2.05) is 0 Å². The Morgan fingerprint density at radius 3 is 2.48 bits per heavy atom. The first-order valence-corrected chi connectivity index (χ1v) is 12.6. The van der Waals surface area contributed by atoms with Crippen molar-refractivity contribution >= 4 is 17.4 Å². The average molecular weight is 357 g/mol. The van der Waals surface area contributed by atoms with Crippen LogP contribution in [0.3, 0.4) is 0 Å². The van der Waals surface area contributed by atoms with Crippen LogP contribution in [0.15, 0.2) is 18.2 Å². The van der Waals surface area contributed by atoms with Crippen LogP contribution in [-0.2, 0) is 30.7 Å². The van der Waals surface area contributed by atoms with Gasteiger partial charge >= 0.3 is 17.4 Å². The maximum absolute atomic E-state index is 6.10. The van der Waals surface area contributed by atoms with Crippen molar-refractivity contribution in [2.45, 2.75) is 45.0 Å². The van der Waals surface area contributed by atoms with Gasteiger partial charge in [-0.1, -0.05) is 13.0 Å². The zero-order valence-corrected chi connectivity index (χ0v) is 16.8. The molecule has 1 aromatic carbocycles. The lowest BCUT2D eigenvalue weighted by Gasteiger charge is -2.32. The number of hydrogen-bond donors (Lipinski definition) is 0. The van der Waals surface area contributed by atoms with Gasteiger partial charge in [0.1, 0.15) is 5.75 Å². The minimum atomic E-state index is -2.47. The molecule has 0 saturated carbocycles. The van der Waals surface area contributed by atoms with Crippen LogP contribution in [0, 0.1) is 0 Å². The van der Waals surface area contributed by atoms with Crippen molar-refractivity contribution in [1.29, 1.82) is 0 Å². The van der Waals surface area contributed by atoms with Crippen molar-refractivity contribution < 1.29 is 22.1 Å². The van der Waals surface area contributed by atoms with Gasteiger partial charge in [-0.25, -0.2) is 0 Å². The highest BCUT2D eigenvalue weighted by molar-refractivity contribution is 6.66. The smallest absolute Gasteiger partial charge is 0.500 e. The van der Waals surface area contributed by atoms with Crippen molar-refractivity contribution in [2.75, 3.05) is 21.3 Å². The molecule has 1 heterocycles. The van der Waals surface area contributed by atoms with Crippen molar-refractivity contribution in [1.82, 2.24) is 0 Å². The summed E-state index contributed by atoms with van der Waals surface area (Å²) in [5, 5.41) is 0. The molecule has 0 spiro atoms. The van der Waals surface area contributed by atoms with Gasteiger partial charge in [0.05, 0.1) is 6.61 Å². The van der Waals surface area contributed by atoms with Crippen LogP contribution in [0.25, 0.3) is 0 Å². The number of hydrogen-bond acceptors (Lipinski definition) is 5. The third kappa shape index (κ3) is 4.43. The Morgan fingerprint density at radius 1 is 1.17 bits per heavy atom. The van der Waals surface area contributed by atoms with Crippen LogP contribution < -0.4 is 4.43 Å². The van der Waals surface area contributed by atoms with Gasteiger partial charge in [-0.05, 0) is 43.1 Å². The van der Waals surface area contributed by atoms with Crippen LogP contribution in [0.5, 0.6) is 5.75 Å². The largest absolute Gasteiger partial charge is 0.520 e. The highest BCUT2D eigenvalue weighted by Crippen LogP contribution is 2.32. The van der Waals surface area contributed by atoms with E-state index in [0.717, 1.165) is 36.2 Å². The normalized spacial score (nSPS) is 20.9. The van der Waals surface area contributed by atoms with E-state index in [2.05, 4.69) is 31.7 Å². The van der Waals surface area contributed by atoms with Gasteiger partial charge in [0.15, 0.2) is 0 Å². The van der Waals surface area contributed by atoms with Gasteiger partial charge in [0.25, 0.3) is 0 Å². The molecule has 1 aliphatic rings. The predicted octanol–water partition coefficient (Wildman–Crippen LogP) is 3.50. The molecular formula is C16H28O5Si2. The lowest BCUT2D eigenvalue weighted by molar-refractivity contribution is 0.123. The second-order valence-corrected chi connectivity index (χ2v) is 12.5. The summed E-state index contributed by atoms with van der Waals surface area (Å²) in [5.74, 6) is 0.991. The molecule has 0 amide bonds. The summed E-state index contributed by atoms with van der Waals surface area (Å²) < 4.78 is 28.4. The monoisotopic (exact) mass is 356 g/mol. The van der Waals surface area contributed by atoms with Crippen molar-refractivity contribution in [3.63, 3.8) is 0 Å². The molecule has 0 saturated heterocycles. The quantitative estimate of drug-likeness (QED) is 0.667. The summed E-state index contributed by atoms with van der Waals surface area (Å²) in [5.41, 5.74) is 2.43. The highest BCUT2D eigenvalue weighted by Gasteiger charge is 2.37. The van der Waals surface area contributed by atoms with Crippen LogP contribution in [0.2, 0.25) is 18.6 Å². The van der Waals surface area contributed by atoms with Gasteiger partial charge in [0, 0.05) is 32.9 Å². The SMILES string of the molecule is CC[Si]1(C)OCc2cc(CCC[Si](OC)(OC)OC)ccc2O1. The van der Waals surface area contributed by atoms with Gasteiger partial charge in [-0.15, -0.1) is 0 Å². The van der Waals surface area contributed by atoms with E-state index in [-0.39, 0.29) is 0 Å². The Labute approximate surface area is 141 Å². The molecule has 1 aromatic rings. The molecule has 0 bridgehead atoms. The topological polar surface area (TPSA) is 46.2 Å². The summed E-state index contributed by atoms with van der Waals surface area (Å²) >= 11 is 0. The molecule has 2 rings (SSSR count). The predicted molar refractivity (Wildman–Crippen MR) is 93.9 cm³/mol. The molecule has 23 heavy (non-hydrogen) atoms. The van der Waals surface area contributed by atoms with Gasteiger partial charge < -0.3 is 22.1 Å². The summed E-state index contributed by atoms with van der Waals surface area (Å²) in [7, 11) is 0.507. The Kier molecular flexibility index (Phi) is 6.41. The molecule has 5 nitrogen and oxygen atoms in total. The molecule has 1 unspecified atom stereocenters. The number of rotatable bonds is 8. The molecule has 0 aliphatic carbocycles. The molecule has 7 heteroatoms. The maximum Gasteiger partial charge on any atom is 0.500 e. The number of aryl methyl sites for hydroxylation is 1. The van der Waals surface area contributed by atoms with E-state index in [1.54, 1.807) is 21.3 Å². The van der Waals surface area contributed by atoms with Gasteiger partial charge in [-0.2, -0.15) is 0 Å². The van der Waals surface area contributed by atoms with Crippen LogP contribution in [0.1, 0.15) is 24.5 Å². The van der Waals surface area contributed by atoms with Crippen molar-refractivity contribution in [3.8, 4) is 5.75 Å². The third-order valence-electron chi connectivity index (χ3n) is 4.51. The fourth-order valence-electron chi connectivity index (χ4n) is 2.73. The van der Waals surface area contributed by atoms with Crippen molar-refractivity contribution in [3.05, 3.63) is 29.3 Å². The maximum atomic E-state index is 6.10. The van der Waals surface area contributed by atoms with E-state index in [4.69, 9.17) is 22.1 Å². The Balaban J connectivity index is 1.96. The van der Waals surface area contributed by atoms with Gasteiger partial charge in [-0.3, -0.25) is 0 Å². The fourth-order valence-corrected chi connectivity index (χ4v) is 5.99. The average Bonchev–Trinajstić information content (AvgIpc) is 2.59. The Bertz CT molecular complexity index is 513. The first-order valence-electron chi connectivity index (χ1n) is 8.10. The molecule has 0 N–H and O–H groups in total. The first-order chi connectivity index (χ1) is 11.0. The lowest BCUT2D eigenvalue weighted by atomic mass is 10.1. The second-order valence-electron chi connectivity index (χ2n) is 5.97. The first kappa shape index (κ1) is 18.6. The Hall–Kier alpha value is -0.706. The molecule has 0 radical (unpaired) electrons. The molecule has 0 aromatic heterocycles. The van der Waals surface area contributed by atoms with E-state index in [0.29, 0.717) is 6.61 Å². The summed E-state index contributed by atoms with van der Waals surface area (Å²) in [6, 6.07) is 8.19. The fraction of sp³-hybridized carbons (Fsp3) is 0.625. The third-order valence-corrected chi connectivity index (χ3v) is 10.0. The zero-order chi connectivity index (χ0) is 16.9. The van der Waals surface area contributed by atoms with Crippen molar-refractivity contribution in [2.24, 2.45) is 0 Å². The van der Waals surface area contributed by atoms with E-state index in [9.17, 15) is 0 Å². The summed E-state index contributed by atoms with van der Waals surface area (Å²) in [4.78, 5) is 0. The standard InChI is InChI=1S/C16H28O5Si2/c1-6-22(5)20-13-15-12-14(9-10-16(15)21-22)8-7-11-23(17-2,18-3)19-4/h9-10,12H,6-8,11,13H2,1-5H3. The van der Waals surface area contributed by atoms with Crippen LogP contribution in [-0.4, -0.2) is 38.7 Å². The minimum absolute atomic E-state index is 0.659. The molecule has 130 valence electrons. The minimum Gasteiger partial charge on any atom is -0.520 e. The summed E-state index contributed by atoms with van der Waals surface area (Å²) in [6.45, 7) is 4.91. The summed E-state index contributed by atoms with van der Waals surface area (Å²) in [6.07, 6.45) is 1.92. The second kappa shape index (κ2) is 7.91. The number of fused-ring (bicyclic) bond motifs is 1. The van der Waals surface area contributed by atoms with Gasteiger partial charge in [0.2, 0.25) is 0 Å². The van der Waals surface area contributed by atoms with Crippen LogP contribution in [0.4, 0.5) is 0 Å².